The van der Waals surface area contributed by atoms with Crippen molar-refractivity contribution >= 4 is 23.0 Å². The summed E-state index contributed by atoms with van der Waals surface area (Å²) in [5, 5.41) is 10.3. The summed E-state index contributed by atoms with van der Waals surface area (Å²) in [6.07, 6.45) is 2.28. The molecule has 0 aliphatic rings. The molecule has 0 aromatic heterocycles. The number of benzene rings is 2. The minimum atomic E-state index is -0.786. The zero-order valence-corrected chi connectivity index (χ0v) is 11.0. The van der Waals surface area contributed by atoms with Gasteiger partial charge in [-0.15, -0.1) is 0 Å². The Hall–Kier alpha value is -2.36. The predicted molar refractivity (Wildman–Crippen MR) is 76.3 cm³/mol. The van der Waals surface area contributed by atoms with Gasteiger partial charge in [-0.3, -0.25) is 9.59 Å². The average molecular weight is 272 g/mol. The number of rotatable bonds is 7. The first-order valence-corrected chi connectivity index (χ1v) is 6.54. The van der Waals surface area contributed by atoms with Gasteiger partial charge < -0.3 is 9.84 Å². The van der Waals surface area contributed by atoms with Crippen molar-refractivity contribution in [2.45, 2.75) is 19.3 Å². The largest absolute Gasteiger partial charge is 0.493 e. The van der Waals surface area contributed by atoms with Crippen LogP contribution >= 0.6 is 0 Å². The van der Waals surface area contributed by atoms with Gasteiger partial charge in [0.15, 0.2) is 6.29 Å². The number of hydrogen-bond donors (Lipinski definition) is 1. The quantitative estimate of drug-likeness (QED) is 0.620. The van der Waals surface area contributed by atoms with Crippen LogP contribution in [0.1, 0.15) is 29.6 Å². The van der Waals surface area contributed by atoms with Crippen molar-refractivity contribution in [3.05, 3.63) is 42.0 Å². The van der Waals surface area contributed by atoms with Gasteiger partial charge >= 0.3 is 5.97 Å². The normalized spacial score (nSPS) is 10.4. The van der Waals surface area contributed by atoms with E-state index in [-0.39, 0.29) is 6.42 Å². The molecular weight excluding hydrogens is 256 g/mol. The second-order valence-corrected chi connectivity index (χ2v) is 4.52. The number of ether oxygens (including phenoxy) is 1. The fraction of sp³-hybridized carbons (Fsp3) is 0.250. The van der Waals surface area contributed by atoms with E-state index in [1.165, 1.54) is 0 Å². The van der Waals surface area contributed by atoms with E-state index in [4.69, 9.17) is 9.84 Å². The Morgan fingerprint density at radius 3 is 2.55 bits per heavy atom. The Morgan fingerprint density at radius 1 is 1.10 bits per heavy atom. The van der Waals surface area contributed by atoms with Gasteiger partial charge in [-0.2, -0.15) is 0 Å². The van der Waals surface area contributed by atoms with E-state index in [9.17, 15) is 9.59 Å². The lowest BCUT2D eigenvalue weighted by Crippen LogP contribution is -2.01. The summed E-state index contributed by atoms with van der Waals surface area (Å²) >= 11 is 0. The van der Waals surface area contributed by atoms with Gasteiger partial charge in [0, 0.05) is 17.4 Å². The number of carboxylic acids is 1. The van der Waals surface area contributed by atoms with Crippen LogP contribution in [-0.4, -0.2) is 24.0 Å². The van der Waals surface area contributed by atoms with Gasteiger partial charge in [0.2, 0.25) is 0 Å². The van der Waals surface area contributed by atoms with Crippen LogP contribution in [0.4, 0.5) is 0 Å². The smallest absolute Gasteiger partial charge is 0.303 e. The highest BCUT2D eigenvalue weighted by Crippen LogP contribution is 2.27. The highest BCUT2D eigenvalue weighted by Gasteiger charge is 2.06. The third-order valence-electron chi connectivity index (χ3n) is 3.09. The number of unbranched alkanes of at least 4 members (excludes halogenated alkanes) is 1. The molecule has 0 spiro atoms. The molecule has 2 aromatic carbocycles. The Bertz CT molecular complexity index is 619. The highest BCUT2D eigenvalue weighted by atomic mass is 16.5. The van der Waals surface area contributed by atoms with E-state index < -0.39 is 5.97 Å². The topological polar surface area (TPSA) is 63.6 Å². The summed E-state index contributed by atoms with van der Waals surface area (Å²) in [6.45, 7) is 0.470. The molecule has 0 heterocycles. The second-order valence-electron chi connectivity index (χ2n) is 4.52. The number of carbonyl (C=O) groups excluding carboxylic acids is 1. The van der Waals surface area contributed by atoms with Gasteiger partial charge in [-0.05, 0) is 30.4 Å². The Labute approximate surface area is 117 Å². The van der Waals surface area contributed by atoms with Gasteiger partial charge in [0.05, 0.1) is 6.61 Å². The maximum atomic E-state index is 11.0. The summed E-state index contributed by atoms with van der Waals surface area (Å²) in [5.41, 5.74) is 0.638. The summed E-state index contributed by atoms with van der Waals surface area (Å²) < 4.78 is 5.69. The number of fused-ring (bicyclic) bond motifs is 1. The molecule has 0 saturated carbocycles. The Morgan fingerprint density at radius 2 is 1.85 bits per heavy atom. The van der Waals surface area contributed by atoms with E-state index in [0.29, 0.717) is 25.0 Å². The van der Waals surface area contributed by atoms with E-state index >= 15 is 0 Å². The van der Waals surface area contributed by atoms with Crippen LogP contribution in [0.2, 0.25) is 0 Å². The van der Waals surface area contributed by atoms with E-state index in [2.05, 4.69) is 0 Å². The maximum absolute atomic E-state index is 11.0. The number of carbonyl (C=O) groups is 2. The predicted octanol–water partition coefficient (Wildman–Crippen LogP) is 3.29. The number of hydrogen-bond acceptors (Lipinski definition) is 3. The highest BCUT2D eigenvalue weighted by molar-refractivity contribution is 6.00. The monoisotopic (exact) mass is 272 g/mol. The van der Waals surface area contributed by atoms with Gasteiger partial charge in [-0.1, -0.05) is 24.3 Å². The molecule has 20 heavy (non-hydrogen) atoms. The van der Waals surface area contributed by atoms with Crippen molar-refractivity contribution in [3.63, 3.8) is 0 Å². The molecule has 1 N–H and O–H groups in total. The first-order valence-electron chi connectivity index (χ1n) is 6.54. The van der Waals surface area contributed by atoms with Crippen molar-refractivity contribution < 1.29 is 19.4 Å². The molecule has 104 valence electrons. The fourth-order valence-corrected chi connectivity index (χ4v) is 2.08. The zero-order valence-electron chi connectivity index (χ0n) is 11.0. The molecule has 2 rings (SSSR count). The van der Waals surface area contributed by atoms with E-state index in [1.807, 2.05) is 24.3 Å². The van der Waals surface area contributed by atoms with Crippen molar-refractivity contribution in [2.75, 3.05) is 6.61 Å². The molecule has 0 fully saturated rings. The molecule has 0 bridgehead atoms. The molecule has 0 aliphatic heterocycles. The molecule has 4 heteroatoms. The third kappa shape index (κ3) is 3.35. The van der Waals surface area contributed by atoms with Crippen LogP contribution in [0.5, 0.6) is 5.75 Å². The van der Waals surface area contributed by atoms with Crippen LogP contribution in [0.15, 0.2) is 36.4 Å². The SMILES string of the molecule is O=Cc1ccc(OCCCCC(=O)O)c2ccccc12. The van der Waals surface area contributed by atoms with Crippen molar-refractivity contribution in [1.82, 2.24) is 0 Å². The van der Waals surface area contributed by atoms with Crippen LogP contribution in [0.3, 0.4) is 0 Å². The van der Waals surface area contributed by atoms with Crippen LogP contribution < -0.4 is 4.74 Å². The minimum absolute atomic E-state index is 0.161. The molecule has 0 aliphatic carbocycles. The first-order chi connectivity index (χ1) is 9.72. The maximum Gasteiger partial charge on any atom is 0.303 e. The third-order valence-corrected chi connectivity index (χ3v) is 3.09. The Kier molecular flexibility index (Phi) is 4.71. The molecule has 0 radical (unpaired) electrons. The molecule has 0 saturated heterocycles. The lowest BCUT2D eigenvalue weighted by molar-refractivity contribution is -0.137. The summed E-state index contributed by atoms with van der Waals surface area (Å²) in [4.78, 5) is 21.4. The van der Waals surface area contributed by atoms with E-state index in [1.54, 1.807) is 12.1 Å². The average Bonchev–Trinajstić information content (AvgIpc) is 2.46. The molecule has 0 amide bonds. The minimum Gasteiger partial charge on any atom is -0.493 e. The second kappa shape index (κ2) is 6.70. The van der Waals surface area contributed by atoms with Gasteiger partial charge in [0.1, 0.15) is 5.75 Å². The number of aliphatic carboxylic acids is 1. The summed E-state index contributed by atoms with van der Waals surface area (Å²) in [5.74, 6) is -0.0627. The molecule has 4 nitrogen and oxygen atoms in total. The lowest BCUT2D eigenvalue weighted by atomic mass is 10.0. The van der Waals surface area contributed by atoms with Crippen LogP contribution in [0.25, 0.3) is 10.8 Å². The number of aldehydes is 1. The van der Waals surface area contributed by atoms with Crippen molar-refractivity contribution in [3.8, 4) is 5.75 Å². The Balaban J connectivity index is 2.07. The number of carboxylic acid groups (broad SMARTS) is 1. The van der Waals surface area contributed by atoms with Crippen molar-refractivity contribution in [2.24, 2.45) is 0 Å². The first kappa shape index (κ1) is 14.1. The molecule has 0 atom stereocenters. The lowest BCUT2D eigenvalue weighted by Gasteiger charge is -2.10. The standard InChI is InChI=1S/C16H16O4/c17-11-12-8-9-15(14-6-2-1-5-13(12)14)20-10-4-3-7-16(18)19/h1-2,5-6,8-9,11H,3-4,7,10H2,(H,18,19). The summed E-state index contributed by atoms with van der Waals surface area (Å²) in [7, 11) is 0. The fourth-order valence-electron chi connectivity index (χ4n) is 2.08. The van der Waals surface area contributed by atoms with E-state index in [0.717, 1.165) is 22.8 Å². The van der Waals surface area contributed by atoms with Crippen LogP contribution in [0, 0.1) is 0 Å². The van der Waals surface area contributed by atoms with Gasteiger partial charge in [-0.25, -0.2) is 0 Å². The zero-order chi connectivity index (χ0) is 14.4. The molecule has 0 unspecified atom stereocenters. The summed E-state index contributed by atoms with van der Waals surface area (Å²) in [6, 6.07) is 11.1. The molecular formula is C16H16O4. The molecule has 2 aromatic rings. The van der Waals surface area contributed by atoms with Crippen molar-refractivity contribution in [1.29, 1.82) is 0 Å². The van der Waals surface area contributed by atoms with Gasteiger partial charge in [0.25, 0.3) is 0 Å². The van der Waals surface area contributed by atoms with Crippen LogP contribution in [-0.2, 0) is 4.79 Å².